The first kappa shape index (κ1) is 20.8. The molecule has 3 rings (SSSR count). The molecular weight excluding hydrogens is 376 g/mol. The van der Waals surface area contributed by atoms with Crippen molar-refractivity contribution in [2.75, 3.05) is 29.9 Å². The van der Waals surface area contributed by atoms with Gasteiger partial charge in [0.1, 0.15) is 12.4 Å². The summed E-state index contributed by atoms with van der Waals surface area (Å²) < 4.78 is 31.1. The van der Waals surface area contributed by atoms with Gasteiger partial charge in [-0.1, -0.05) is 26.0 Å². The summed E-state index contributed by atoms with van der Waals surface area (Å²) in [5, 5.41) is 2.90. The zero-order valence-electron chi connectivity index (χ0n) is 16.7. The van der Waals surface area contributed by atoms with Crippen LogP contribution in [0.15, 0.2) is 48.4 Å². The van der Waals surface area contributed by atoms with Crippen LogP contribution in [0.4, 0.5) is 20.3 Å². The van der Waals surface area contributed by atoms with E-state index in [-0.39, 0.29) is 18.2 Å². The first-order valence-corrected chi connectivity index (χ1v) is 9.68. The summed E-state index contributed by atoms with van der Waals surface area (Å²) >= 11 is 0. The van der Waals surface area contributed by atoms with Crippen LogP contribution in [0.1, 0.15) is 38.7 Å². The fraction of sp³-hybridized carbons (Fsp3) is 0.429. The van der Waals surface area contributed by atoms with Crippen LogP contribution in [0.3, 0.4) is 0 Å². The van der Waals surface area contributed by atoms with E-state index in [2.05, 4.69) is 34.0 Å². The van der Waals surface area contributed by atoms with Gasteiger partial charge in [0.25, 0.3) is 6.43 Å². The molecule has 0 aliphatic carbocycles. The predicted octanol–water partition coefficient (Wildman–Crippen LogP) is 4.33. The summed E-state index contributed by atoms with van der Waals surface area (Å²) in [4.78, 5) is 10.9. The molecule has 1 fully saturated rings. The van der Waals surface area contributed by atoms with Crippen LogP contribution in [0.2, 0.25) is 0 Å². The molecule has 0 bridgehead atoms. The van der Waals surface area contributed by atoms with Crippen molar-refractivity contribution in [3.8, 4) is 6.01 Å². The molecule has 1 saturated heterocycles. The van der Waals surface area contributed by atoms with Gasteiger partial charge < -0.3 is 20.7 Å². The van der Waals surface area contributed by atoms with Crippen molar-refractivity contribution in [2.24, 2.45) is 11.1 Å². The summed E-state index contributed by atoms with van der Waals surface area (Å²) in [6.07, 6.45) is 2.94. The molecule has 1 aliphatic heterocycles. The van der Waals surface area contributed by atoms with Crippen LogP contribution < -0.4 is 20.7 Å². The van der Waals surface area contributed by atoms with E-state index in [4.69, 9.17) is 10.5 Å². The zero-order valence-corrected chi connectivity index (χ0v) is 16.7. The van der Waals surface area contributed by atoms with Crippen LogP contribution in [0.5, 0.6) is 6.01 Å². The summed E-state index contributed by atoms with van der Waals surface area (Å²) in [7, 11) is 0. The zero-order chi connectivity index (χ0) is 20.9. The average molecular weight is 403 g/mol. The number of nitrogens with two attached hydrogens (primary N) is 1. The minimum Gasteiger partial charge on any atom is -0.457 e. The van der Waals surface area contributed by atoms with Gasteiger partial charge in [-0.2, -0.15) is 4.98 Å². The minimum atomic E-state index is -2.52. The number of benzene rings is 1. The molecule has 0 unspecified atom stereocenters. The highest BCUT2D eigenvalue weighted by molar-refractivity contribution is 5.48. The summed E-state index contributed by atoms with van der Waals surface area (Å²) in [6.45, 7) is 6.51. The lowest BCUT2D eigenvalue weighted by Gasteiger charge is -2.23. The van der Waals surface area contributed by atoms with Gasteiger partial charge in [-0.05, 0) is 36.5 Å². The molecule has 8 heteroatoms. The Bertz CT molecular complexity index is 860. The summed E-state index contributed by atoms with van der Waals surface area (Å²) in [5.41, 5.74) is 7.12. The monoisotopic (exact) mass is 403 g/mol. The highest BCUT2D eigenvalue weighted by Gasteiger charge is 2.32. The van der Waals surface area contributed by atoms with Gasteiger partial charge in [-0.3, -0.25) is 0 Å². The maximum atomic E-state index is 12.8. The van der Waals surface area contributed by atoms with Gasteiger partial charge in [0.05, 0.1) is 5.70 Å². The van der Waals surface area contributed by atoms with Crippen LogP contribution in [0.25, 0.3) is 0 Å². The van der Waals surface area contributed by atoms with E-state index >= 15 is 0 Å². The largest absolute Gasteiger partial charge is 0.457 e. The molecule has 1 aromatic heterocycles. The molecule has 0 radical (unpaired) electrons. The van der Waals surface area contributed by atoms with Crippen molar-refractivity contribution in [1.82, 2.24) is 9.97 Å². The Labute approximate surface area is 169 Å². The van der Waals surface area contributed by atoms with E-state index < -0.39 is 6.43 Å². The van der Waals surface area contributed by atoms with E-state index in [9.17, 15) is 8.78 Å². The van der Waals surface area contributed by atoms with E-state index in [1.165, 1.54) is 18.3 Å². The third-order valence-electron chi connectivity index (χ3n) is 5.28. The number of ether oxygens (including phenoxy) is 1. The number of nitrogens with zero attached hydrogens (tertiary/aromatic N) is 3. The lowest BCUT2D eigenvalue weighted by atomic mass is 9.87. The Morgan fingerprint density at radius 1 is 1.41 bits per heavy atom. The number of anilines is 2. The van der Waals surface area contributed by atoms with Crippen LogP contribution in [-0.4, -0.2) is 29.7 Å². The van der Waals surface area contributed by atoms with Gasteiger partial charge >= 0.3 is 6.01 Å². The minimum absolute atomic E-state index is 0.0514. The van der Waals surface area contributed by atoms with Gasteiger partial charge in [-0.25, -0.2) is 13.8 Å². The van der Waals surface area contributed by atoms with E-state index in [0.29, 0.717) is 16.8 Å². The van der Waals surface area contributed by atoms with E-state index in [1.54, 1.807) is 18.3 Å². The SMILES string of the molecule is CC[C@]1(C)CCN(c2ccnc(OC/C(N)=C/Nc3cccc(C(F)F)c3)n2)C1. The smallest absolute Gasteiger partial charge is 0.318 e. The molecule has 2 aromatic rings. The van der Waals surface area contributed by atoms with Crippen LogP contribution in [-0.2, 0) is 0 Å². The molecule has 3 N–H and O–H groups in total. The van der Waals surface area contributed by atoms with Gasteiger partial charge in [-0.15, -0.1) is 0 Å². The molecular formula is C21H27F2N5O. The fourth-order valence-corrected chi connectivity index (χ4v) is 3.22. The number of hydrogen-bond acceptors (Lipinski definition) is 6. The number of rotatable bonds is 8. The fourth-order valence-electron chi connectivity index (χ4n) is 3.22. The molecule has 29 heavy (non-hydrogen) atoms. The maximum Gasteiger partial charge on any atom is 0.318 e. The van der Waals surface area contributed by atoms with Crippen molar-refractivity contribution in [3.63, 3.8) is 0 Å². The number of hydrogen-bond donors (Lipinski definition) is 2. The normalized spacial score (nSPS) is 19.6. The Hall–Kier alpha value is -2.90. The predicted molar refractivity (Wildman–Crippen MR) is 110 cm³/mol. The molecule has 0 spiro atoms. The Kier molecular flexibility index (Phi) is 6.51. The molecule has 1 aromatic carbocycles. The highest BCUT2D eigenvalue weighted by Crippen LogP contribution is 2.35. The topological polar surface area (TPSA) is 76.3 Å². The quantitative estimate of drug-likeness (QED) is 0.683. The maximum absolute atomic E-state index is 12.8. The van der Waals surface area contributed by atoms with Crippen molar-refractivity contribution >= 4 is 11.5 Å². The second-order valence-corrected chi connectivity index (χ2v) is 7.61. The Morgan fingerprint density at radius 3 is 2.97 bits per heavy atom. The number of aromatic nitrogens is 2. The van der Waals surface area contributed by atoms with E-state index in [1.807, 2.05) is 6.07 Å². The third kappa shape index (κ3) is 5.56. The number of alkyl halides is 2. The second kappa shape index (κ2) is 9.07. The third-order valence-corrected chi connectivity index (χ3v) is 5.28. The summed E-state index contributed by atoms with van der Waals surface area (Å²) in [6, 6.07) is 8.13. The highest BCUT2D eigenvalue weighted by atomic mass is 19.3. The molecule has 2 heterocycles. The molecule has 0 saturated carbocycles. The van der Waals surface area contributed by atoms with Crippen molar-refractivity contribution < 1.29 is 13.5 Å². The first-order valence-electron chi connectivity index (χ1n) is 9.68. The van der Waals surface area contributed by atoms with Crippen LogP contribution >= 0.6 is 0 Å². The Morgan fingerprint density at radius 2 is 2.24 bits per heavy atom. The lowest BCUT2D eigenvalue weighted by molar-refractivity contribution is 0.151. The van der Waals surface area contributed by atoms with Crippen molar-refractivity contribution in [2.45, 2.75) is 33.1 Å². The second-order valence-electron chi connectivity index (χ2n) is 7.61. The van der Waals surface area contributed by atoms with Gasteiger partial charge in [0.2, 0.25) is 0 Å². The van der Waals surface area contributed by atoms with Gasteiger partial charge in [0.15, 0.2) is 0 Å². The number of halogens is 2. The lowest BCUT2D eigenvalue weighted by Crippen LogP contribution is -2.25. The van der Waals surface area contributed by atoms with Gasteiger partial charge in [0, 0.05) is 36.7 Å². The first-order chi connectivity index (χ1) is 13.9. The standard InChI is InChI=1S/C21H27F2N5O/c1-3-21(2)8-10-28(14-21)18-7-9-25-20(27-18)29-13-16(24)12-26-17-6-4-5-15(11-17)19(22)23/h4-7,9,11-12,19,26H,3,8,10,13-14,24H2,1-2H3/b16-12-/t21-/m1/s1. The molecule has 1 atom stereocenters. The van der Waals surface area contributed by atoms with Crippen molar-refractivity contribution in [1.29, 1.82) is 0 Å². The average Bonchev–Trinajstić information content (AvgIpc) is 3.14. The summed E-state index contributed by atoms with van der Waals surface area (Å²) in [5.74, 6) is 0.844. The van der Waals surface area contributed by atoms with Crippen LogP contribution in [0, 0.1) is 5.41 Å². The Balaban J connectivity index is 1.56. The molecule has 1 aliphatic rings. The van der Waals surface area contributed by atoms with E-state index in [0.717, 1.165) is 31.7 Å². The van der Waals surface area contributed by atoms with Crippen molar-refractivity contribution in [3.05, 3.63) is 54.0 Å². The molecule has 6 nitrogen and oxygen atoms in total. The number of nitrogens with one attached hydrogen (secondary N) is 1. The molecule has 0 amide bonds. The molecule has 156 valence electrons.